The topological polar surface area (TPSA) is 44.5 Å². The molecule has 0 aliphatic heterocycles. The van der Waals surface area contributed by atoms with Crippen molar-refractivity contribution >= 4 is 0 Å². The Morgan fingerprint density at radius 3 is 2.44 bits per heavy atom. The molecule has 0 heterocycles. The van der Waals surface area contributed by atoms with Gasteiger partial charge < -0.3 is 15.2 Å². The maximum absolute atomic E-state index is 5.89. The lowest BCUT2D eigenvalue weighted by Crippen LogP contribution is -2.12. The number of ether oxygens (including phenoxy) is 2. The van der Waals surface area contributed by atoms with Gasteiger partial charge in [0.15, 0.2) is 0 Å². The molecule has 1 rings (SSSR count). The number of rotatable bonds is 8. The first-order valence-electron chi connectivity index (χ1n) is 6.66. The van der Waals surface area contributed by atoms with Gasteiger partial charge in [0, 0.05) is 18.2 Å². The largest absolute Gasteiger partial charge is 0.491 e. The van der Waals surface area contributed by atoms with Crippen molar-refractivity contribution in [2.75, 3.05) is 19.8 Å². The van der Waals surface area contributed by atoms with Crippen molar-refractivity contribution in [2.45, 2.75) is 33.2 Å². The quantitative estimate of drug-likeness (QED) is 0.722. The SMILES string of the molecule is CC(C)CCOCCOc1ccccc1[C@H](C)N. The highest BCUT2D eigenvalue weighted by Gasteiger charge is 2.06. The summed E-state index contributed by atoms with van der Waals surface area (Å²) in [4.78, 5) is 0. The summed E-state index contributed by atoms with van der Waals surface area (Å²) in [7, 11) is 0. The Balaban J connectivity index is 2.27. The molecule has 0 fully saturated rings. The fourth-order valence-electron chi connectivity index (χ4n) is 1.62. The van der Waals surface area contributed by atoms with Crippen molar-refractivity contribution in [3.05, 3.63) is 29.8 Å². The molecular formula is C15H25NO2. The Labute approximate surface area is 110 Å². The van der Waals surface area contributed by atoms with Crippen LogP contribution in [0.4, 0.5) is 0 Å². The molecule has 0 aliphatic carbocycles. The highest BCUT2D eigenvalue weighted by atomic mass is 16.5. The van der Waals surface area contributed by atoms with E-state index in [1.54, 1.807) is 0 Å². The van der Waals surface area contributed by atoms with Gasteiger partial charge >= 0.3 is 0 Å². The lowest BCUT2D eigenvalue weighted by molar-refractivity contribution is 0.0922. The third kappa shape index (κ3) is 5.52. The highest BCUT2D eigenvalue weighted by Crippen LogP contribution is 2.22. The van der Waals surface area contributed by atoms with Crippen LogP contribution in [0.15, 0.2) is 24.3 Å². The smallest absolute Gasteiger partial charge is 0.124 e. The third-order valence-corrected chi connectivity index (χ3v) is 2.73. The van der Waals surface area contributed by atoms with E-state index in [1.807, 2.05) is 31.2 Å². The van der Waals surface area contributed by atoms with Gasteiger partial charge in [-0.15, -0.1) is 0 Å². The Kier molecular flexibility index (Phi) is 6.76. The van der Waals surface area contributed by atoms with Gasteiger partial charge in [0.25, 0.3) is 0 Å². The van der Waals surface area contributed by atoms with Crippen LogP contribution in [-0.4, -0.2) is 19.8 Å². The van der Waals surface area contributed by atoms with Gasteiger partial charge in [0.05, 0.1) is 6.61 Å². The molecule has 0 bridgehead atoms. The summed E-state index contributed by atoms with van der Waals surface area (Å²) in [6.07, 6.45) is 1.09. The Bertz CT molecular complexity index is 337. The number of benzene rings is 1. The number of nitrogens with two attached hydrogens (primary N) is 1. The molecule has 2 N–H and O–H groups in total. The molecule has 1 aromatic carbocycles. The van der Waals surface area contributed by atoms with Crippen molar-refractivity contribution in [1.82, 2.24) is 0 Å². The van der Waals surface area contributed by atoms with E-state index in [0.717, 1.165) is 24.3 Å². The maximum atomic E-state index is 5.89. The second kappa shape index (κ2) is 8.11. The summed E-state index contributed by atoms with van der Waals surface area (Å²) in [5.74, 6) is 1.55. The van der Waals surface area contributed by atoms with Gasteiger partial charge in [-0.1, -0.05) is 32.0 Å². The van der Waals surface area contributed by atoms with Crippen LogP contribution in [0.2, 0.25) is 0 Å². The third-order valence-electron chi connectivity index (χ3n) is 2.73. The molecule has 1 aromatic rings. The molecular weight excluding hydrogens is 226 g/mol. The Morgan fingerprint density at radius 1 is 1.06 bits per heavy atom. The van der Waals surface area contributed by atoms with E-state index >= 15 is 0 Å². The minimum absolute atomic E-state index is 0.0111. The van der Waals surface area contributed by atoms with Crippen LogP contribution < -0.4 is 10.5 Å². The van der Waals surface area contributed by atoms with Gasteiger partial charge in [0.1, 0.15) is 12.4 Å². The normalized spacial score (nSPS) is 12.7. The van der Waals surface area contributed by atoms with Crippen molar-refractivity contribution in [3.63, 3.8) is 0 Å². The Hall–Kier alpha value is -1.06. The van der Waals surface area contributed by atoms with Gasteiger partial charge in [-0.2, -0.15) is 0 Å². The number of hydrogen-bond donors (Lipinski definition) is 1. The van der Waals surface area contributed by atoms with Gasteiger partial charge in [0.2, 0.25) is 0 Å². The van der Waals surface area contributed by atoms with Crippen LogP contribution >= 0.6 is 0 Å². The van der Waals surface area contributed by atoms with E-state index in [0.29, 0.717) is 19.1 Å². The molecule has 3 nitrogen and oxygen atoms in total. The molecule has 0 amide bonds. The van der Waals surface area contributed by atoms with E-state index in [-0.39, 0.29) is 6.04 Å². The molecule has 0 radical (unpaired) electrons. The molecule has 0 aromatic heterocycles. The fraction of sp³-hybridized carbons (Fsp3) is 0.600. The minimum Gasteiger partial charge on any atom is -0.491 e. The van der Waals surface area contributed by atoms with E-state index in [1.165, 1.54) is 0 Å². The first-order valence-corrected chi connectivity index (χ1v) is 6.66. The van der Waals surface area contributed by atoms with E-state index < -0.39 is 0 Å². The van der Waals surface area contributed by atoms with Gasteiger partial charge in [-0.25, -0.2) is 0 Å². The van der Waals surface area contributed by atoms with Crippen molar-refractivity contribution in [2.24, 2.45) is 11.7 Å². The molecule has 0 saturated carbocycles. The predicted molar refractivity (Wildman–Crippen MR) is 74.8 cm³/mol. The maximum Gasteiger partial charge on any atom is 0.124 e. The van der Waals surface area contributed by atoms with E-state index in [2.05, 4.69) is 13.8 Å². The first-order chi connectivity index (χ1) is 8.61. The number of hydrogen-bond acceptors (Lipinski definition) is 3. The van der Waals surface area contributed by atoms with E-state index in [9.17, 15) is 0 Å². The van der Waals surface area contributed by atoms with Crippen LogP contribution in [0.5, 0.6) is 5.75 Å². The summed E-state index contributed by atoms with van der Waals surface area (Å²) in [6.45, 7) is 8.34. The van der Waals surface area contributed by atoms with Crippen molar-refractivity contribution in [3.8, 4) is 5.75 Å². The second-order valence-electron chi connectivity index (χ2n) is 4.97. The molecule has 0 spiro atoms. The minimum atomic E-state index is -0.0111. The summed E-state index contributed by atoms with van der Waals surface area (Å²) in [5.41, 5.74) is 6.93. The summed E-state index contributed by atoms with van der Waals surface area (Å²) < 4.78 is 11.2. The molecule has 1 atom stereocenters. The molecule has 0 saturated heterocycles. The summed E-state index contributed by atoms with van der Waals surface area (Å²) >= 11 is 0. The van der Waals surface area contributed by atoms with Crippen molar-refractivity contribution < 1.29 is 9.47 Å². The zero-order valence-corrected chi connectivity index (χ0v) is 11.7. The lowest BCUT2D eigenvalue weighted by Gasteiger charge is -2.14. The average molecular weight is 251 g/mol. The molecule has 18 heavy (non-hydrogen) atoms. The Morgan fingerprint density at radius 2 is 1.78 bits per heavy atom. The van der Waals surface area contributed by atoms with Crippen LogP contribution in [0.1, 0.15) is 38.8 Å². The van der Waals surface area contributed by atoms with Gasteiger partial charge in [-0.3, -0.25) is 0 Å². The molecule has 0 unspecified atom stereocenters. The number of para-hydroxylation sites is 1. The summed E-state index contributed by atoms with van der Waals surface area (Å²) in [5, 5.41) is 0. The second-order valence-corrected chi connectivity index (χ2v) is 4.97. The standard InChI is InChI=1S/C15H25NO2/c1-12(2)8-9-17-10-11-18-15-7-5-4-6-14(15)13(3)16/h4-7,12-13H,8-11,16H2,1-3H3/t13-/m0/s1. The molecule has 102 valence electrons. The fourth-order valence-corrected chi connectivity index (χ4v) is 1.62. The average Bonchev–Trinajstić information content (AvgIpc) is 2.33. The van der Waals surface area contributed by atoms with Crippen LogP contribution in [-0.2, 0) is 4.74 Å². The lowest BCUT2D eigenvalue weighted by atomic mass is 10.1. The first kappa shape index (κ1) is 15.0. The zero-order chi connectivity index (χ0) is 13.4. The molecule has 0 aliphatic rings. The van der Waals surface area contributed by atoms with Crippen LogP contribution in [0, 0.1) is 5.92 Å². The van der Waals surface area contributed by atoms with Crippen LogP contribution in [0.3, 0.4) is 0 Å². The predicted octanol–water partition coefficient (Wildman–Crippen LogP) is 3.15. The summed E-state index contributed by atoms with van der Waals surface area (Å²) in [6, 6.07) is 7.88. The van der Waals surface area contributed by atoms with Gasteiger partial charge in [-0.05, 0) is 25.3 Å². The molecule has 3 heteroatoms. The highest BCUT2D eigenvalue weighted by molar-refractivity contribution is 5.35. The van der Waals surface area contributed by atoms with Crippen LogP contribution in [0.25, 0.3) is 0 Å². The van der Waals surface area contributed by atoms with E-state index in [4.69, 9.17) is 15.2 Å². The van der Waals surface area contributed by atoms with Crippen molar-refractivity contribution in [1.29, 1.82) is 0 Å². The zero-order valence-electron chi connectivity index (χ0n) is 11.7. The monoisotopic (exact) mass is 251 g/mol.